The molecule has 2 aliphatic heterocycles. The first kappa shape index (κ1) is 18.9. The second-order valence-electron chi connectivity index (χ2n) is 5.23. The normalized spacial score (nSPS) is 36.8. The van der Waals surface area contributed by atoms with Gasteiger partial charge in [-0.1, -0.05) is 27.7 Å². The molecule has 0 unspecified atom stereocenters. The molecule has 0 aromatic heterocycles. The average molecular weight is 271 g/mol. The average Bonchev–Trinajstić information content (AvgIpc) is 2.67. The molecule has 2 heterocycles. The summed E-state index contributed by atoms with van der Waals surface area (Å²) in [6.07, 6.45) is 0. The van der Waals surface area contributed by atoms with Crippen LogP contribution in [0.25, 0.3) is 0 Å². The summed E-state index contributed by atoms with van der Waals surface area (Å²) in [4.78, 5) is 0. The molecule has 4 heteroatoms. The Balaban J connectivity index is 0. The van der Waals surface area contributed by atoms with Crippen molar-refractivity contribution in [2.24, 2.45) is 23.7 Å². The van der Waals surface area contributed by atoms with Gasteiger partial charge in [0.2, 0.25) is 0 Å². The van der Waals surface area contributed by atoms with Gasteiger partial charge in [-0.05, 0) is 49.9 Å². The number of nitrogens with one attached hydrogen (secondary N) is 2. The van der Waals surface area contributed by atoms with Gasteiger partial charge in [-0.2, -0.15) is 0 Å². The fourth-order valence-corrected chi connectivity index (χ4v) is 1.88. The molecule has 2 fully saturated rings. The van der Waals surface area contributed by atoms with Gasteiger partial charge in [0, 0.05) is 0 Å². The molecule has 2 rings (SSSR count). The minimum absolute atomic E-state index is 0. The van der Waals surface area contributed by atoms with Crippen LogP contribution in [0.4, 0.5) is 0 Å². The van der Waals surface area contributed by atoms with E-state index in [1.54, 1.807) is 0 Å². The lowest BCUT2D eigenvalue weighted by atomic mass is 10.0. The van der Waals surface area contributed by atoms with Crippen LogP contribution < -0.4 is 10.6 Å². The maximum Gasteiger partial charge on any atom is -0.00200 e. The molecule has 0 amide bonds. The van der Waals surface area contributed by atoms with Crippen molar-refractivity contribution >= 4 is 24.8 Å². The third kappa shape index (κ3) is 6.29. The Morgan fingerprint density at radius 1 is 0.562 bits per heavy atom. The van der Waals surface area contributed by atoms with Crippen molar-refractivity contribution in [3.8, 4) is 0 Å². The van der Waals surface area contributed by atoms with E-state index in [2.05, 4.69) is 38.3 Å². The fourth-order valence-electron chi connectivity index (χ4n) is 1.88. The van der Waals surface area contributed by atoms with Crippen LogP contribution in [0.3, 0.4) is 0 Å². The summed E-state index contributed by atoms with van der Waals surface area (Å²) < 4.78 is 0. The summed E-state index contributed by atoms with van der Waals surface area (Å²) in [5.74, 6) is 3.61. The van der Waals surface area contributed by atoms with Gasteiger partial charge in [0.15, 0.2) is 0 Å². The Kier molecular flexibility index (Phi) is 11.2. The van der Waals surface area contributed by atoms with Crippen molar-refractivity contribution in [3.05, 3.63) is 0 Å². The molecule has 2 saturated heterocycles. The fraction of sp³-hybridized carbons (Fsp3) is 1.00. The lowest BCUT2D eigenvalue weighted by Gasteiger charge is -2.03. The van der Waals surface area contributed by atoms with E-state index in [9.17, 15) is 0 Å². The highest BCUT2D eigenvalue weighted by atomic mass is 35.5. The van der Waals surface area contributed by atoms with Gasteiger partial charge in [0.1, 0.15) is 0 Å². The summed E-state index contributed by atoms with van der Waals surface area (Å²) in [5.41, 5.74) is 0. The van der Waals surface area contributed by atoms with Crippen LogP contribution in [0.2, 0.25) is 0 Å². The smallest absolute Gasteiger partial charge is 0.00200 e. The van der Waals surface area contributed by atoms with Crippen LogP contribution in [0, 0.1) is 23.7 Å². The molecule has 100 valence electrons. The predicted octanol–water partition coefficient (Wildman–Crippen LogP) is 2.57. The quantitative estimate of drug-likeness (QED) is 0.707. The van der Waals surface area contributed by atoms with Gasteiger partial charge in [-0.3, -0.25) is 0 Å². The van der Waals surface area contributed by atoms with Crippen molar-refractivity contribution in [1.82, 2.24) is 10.6 Å². The van der Waals surface area contributed by atoms with E-state index in [1.165, 1.54) is 26.2 Å². The van der Waals surface area contributed by atoms with Crippen molar-refractivity contribution in [3.63, 3.8) is 0 Å². The van der Waals surface area contributed by atoms with Gasteiger partial charge in [-0.15, -0.1) is 24.8 Å². The van der Waals surface area contributed by atoms with Gasteiger partial charge in [-0.25, -0.2) is 0 Å². The van der Waals surface area contributed by atoms with Crippen LogP contribution in [-0.4, -0.2) is 26.2 Å². The van der Waals surface area contributed by atoms with Crippen molar-refractivity contribution in [2.75, 3.05) is 26.2 Å². The van der Waals surface area contributed by atoms with Crippen LogP contribution >= 0.6 is 24.8 Å². The van der Waals surface area contributed by atoms with E-state index < -0.39 is 0 Å². The van der Waals surface area contributed by atoms with Gasteiger partial charge < -0.3 is 10.6 Å². The minimum Gasteiger partial charge on any atom is -0.316 e. The first-order valence-corrected chi connectivity index (χ1v) is 6.02. The standard InChI is InChI=1S/2C6H13N.2ClH/c2*1-5-3-7-4-6(5)2;;/h2*5-7H,3-4H2,1-2H3;2*1H/t2*5-,6-;;/m10../s1. The van der Waals surface area contributed by atoms with Gasteiger partial charge >= 0.3 is 0 Å². The molecule has 0 aromatic rings. The molecule has 0 aliphatic carbocycles. The third-order valence-corrected chi connectivity index (χ3v) is 3.81. The monoisotopic (exact) mass is 270 g/mol. The number of rotatable bonds is 0. The molecule has 2 N–H and O–H groups in total. The predicted molar refractivity (Wildman–Crippen MR) is 76.9 cm³/mol. The number of hydrogen-bond donors (Lipinski definition) is 2. The molecule has 2 nitrogen and oxygen atoms in total. The highest BCUT2D eigenvalue weighted by Crippen LogP contribution is 2.13. The van der Waals surface area contributed by atoms with E-state index >= 15 is 0 Å². The van der Waals surface area contributed by atoms with E-state index in [1.807, 2.05) is 0 Å². The first-order chi connectivity index (χ1) is 6.61. The van der Waals surface area contributed by atoms with E-state index in [4.69, 9.17) is 0 Å². The lowest BCUT2D eigenvalue weighted by Crippen LogP contribution is -2.06. The SMILES string of the molecule is C[C@@H]1CNC[C@H]1C.C[C@H]1CNC[C@@H]1C.Cl.Cl. The molecule has 0 saturated carbocycles. The van der Waals surface area contributed by atoms with Crippen molar-refractivity contribution in [1.29, 1.82) is 0 Å². The van der Waals surface area contributed by atoms with E-state index in [0.717, 1.165) is 23.7 Å². The summed E-state index contributed by atoms with van der Waals surface area (Å²) in [5, 5.41) is 6.64. The minimum atomic E-state index is 0. The maximum atomic E-state index is 3.32. The highest BCUT2D eigenvalue weighted by Gasteiger charge is 2.17. The topological polar surface area (TPSA) is 24.1 Å². The second-order valence-corrected chi connectivity index (χ2v) is 5.23. The molecule has 4 atom stereocenters. The molecule has 0 spiro atoms. The van der Waals surface area contributed by atoms with Crippen molar-refractivity contribution < 1.29 is 0 Å². The highest BCUT2D eigenvalue weighted by molar-refractivity contribution is 5.85. The molecule has 0 bridgehead atoms. The summed E-state index contributed by atoms with van der Waals surface area (Å²) in [6.45, 7) is 14.1. The second kappa shape index (κ2) is 9.52. The zero-order chi connectivity index (χ0) is 10.6. The molecular formula is C12H28Cl2N2. The number of hydrogen-bond acceptors (Lipinski definition) is 2. The Bertz CT molecular complexity index is 133. The van der Waals surface area contributed by atoms with Crippen LogP contribution in [-0.2, 0) is 0 Å². The van der Waals surface area contributed by atoms with Crippen LogP contribution in [0.1, 0.15) is 27.7 Å². The third-order valence-electron chi connectivity index (χ3n) is 3.81. The summed E-state index contributed by atoms with van der Waals surface area (Å²) in [6, 6.07) is 0. The van der Waals surface area contributed by atoms with Gasteiger partial charge in [0.05, 0.1) is 0 Å². The Labute approximate surface area is 113 Å². The van der Waals surface area contributed by atoms with Gasteiger partial charge in [0.25, 0.3) is 0 Å². The zero-order valence-electron chi connectivity index (χ0n) is 11.0. The number of halogens is 2. The van der Waals surface area contributed by atoms with Crippen molar-refractivity contribution in [2.45, 2.75) is 27.7 Å². The molecule has 0 aromatic carbocycles. The van der Waals surface area contributed by atoms with Crippen LogP contribution in [0.5, 0.6) is 0 Å². The largest absolute Gasteiger partial charge is 0.316 e. The summed E-state index contributed by atoms with van der Waals surface area (Å²) in [7, 11) is 0. The summed E-state index contributed by atoms with van der Waals surface area (Å²) >= 11 is 0. The van der Waals surface area contributed by atoms with E-state index in [0.29, 0.717) is 0 Å². The zero-order valence-corrected chi connectivity index (χ0v) is 12.6. The van der Waals surface area contributed by atoms with E-state index in [-0.39, 0.29) is 24.8 Å². The molecule has 16 heavy (non-hydrogen) atoms. The molecule has 0 radical (unpaired) electrons. The molecular weight excluding hydrogens is 243 g/mol. The Morgan fingerprint density at radius 3 is 0.812 bits per heavy atom. The Morgan fingerprint density at radius 2 is 0.750 bits per heavy atom. The lowest BCUT2D eigenvalue weighted by molar-refractivity contribution is 0.494. The first-order valence-electron chi connectivity index (χ1n) is 6.02. The van der Waals surface area contributed by atoms with Crippen LogP contribution in [0.15, 0.2) is 0 Å². The molecule has 2 aliphatic rings. The maximum absolute atomic E-state index is 3.32. The Hall–Kier alpha value is 0.500.